The minimum absolute atomic E-state index is 0.558. The molecule has 1 aliphatic rings. The molecule has 1 heteroatoms. The number of benzene rings is 1. The van der Waals surface area contributed by atoms with Gasteiger partial charge in [0, 0.05) is 0 Å². The highest BCUT2D eigenvalue weighted by atomic mass is 19.1. The van der Waals surface area contributed by atoms with Gasteiger partial charge >= 0.3 is 0 Å². The van der Waals surface area contributed by atoms with E-state index in [2.05, 4.69) is 12.6 Å². The maximum Gasteiger partial charge on any atom is 0.133 e. The van der Waals surface area contributed by atoms with Gasteiger partial charge in [-0.1, -0.05) is 30.8 Å². The summed E-state index contributed by atoms with van der Waals surface area (Å²) in [7, 11) is 0. The molecule has 0 heterocycles. The third-order valence-corrected chi connectivity index (χ3v) is 2.84. The number of allylic oxidation sites excluding steroid dienone is 1. The van der Waals surface area contributed by atoms with Crippen molar-refractivity contribution >= 4 is 5.57 Å². The topological polar surface area (TPSA) is 0 Å². The number of halogens is 1. The summed E-state index contributed by atoms with van der Waals surface area (Å²) in [5.74, 6) is 0. The van der Waals surface area contributed by atoms with Gasteiger partial charge in [-0.05, 0) is 36.5 Å². The third-order valence-electron chi connectivity index (χ3n) is 2.84. The smallest absolute Gasteiger partial charge is 0.133 e. The molecule has 2 rings (SSSR count). The van der Waals surface area contributed by atoms with E-state index in [9.17, 15) is 4.39 Å². The van der Waals surface area contributed by atoms with E-state index in [-0.39, 0.29) is 0 Å². The lowest BCUT2D eigenvalue weighted by atomic mass is 9.79. The molecule has 1 unspecified atom stereocenters. The molecule has 0 radical (unpaired) electrons. The first-order valence-electron chi connectivity index (χ1n) is 4.58. The van der Waals surface area contributed by atoms with Gasteiger partial charge in [-0.25, -0.2) is 4.39 Å². The molecule has 1 atom stereocenters. The molecule has 0 saturated carbocycles. The zero-order chi connectivity index (χ0) is 9.47. The minimum Gasteiger partial charge on any atom is -0.239 e. The molecule has 1 aliphatic carbocycles. The Morgan fingerprint density at radius 3 is 2.85 bits per heavy atom. The average Bonchev–Trinajstić information content (AvgIpc) is 2.13. The van der Waals surface area contributed by atoms with Gasteiger partial charge in [-0.2, -0.15) is 0 Å². The summed E-state index contributed by atoms with van der Waals surface area (Å²) in [6.45, 7) is 5.45. The lowest BCUT2D eigenvalue weighted by Crippen LogP contribution is -2.25. The molecule has 0 spiro atoms. The molecular formula is C12H13F. The van der Waals surface area contributed by atoms with E-state index >= 15 is 0 Å². The molecule has 0 amide bonds. The Kier molecular flexibility index (Phi) is 1.76. The predicted molar refractivity (Wildman–Crippen MR) is 53.3 cm³/mol. The Balaban J connectivity index is 2.52. The van der Waals surface area contributed by atoms with Crippen LogP contribution in [0.25, 0.3) is 5.57 Å². The van der Waals surface area contributed by atoms with Crippen molar-refractivity contribution in [3.05, 3.63) is 42.0 Å². The normalized spacial score (nSPS) is 27.1. The Hall–Kier alpha value is -1.11. The van der Waals surface area contributed by atoms with Gasteiger partial charge in [-0.15, -0.1) is 0 Å². The lowest BCUT2D eigenvalue weighted by Gasteiger charge is -2.30. The van der Waals surface area contributed by atoms with Crippen molar-refractivity contribution in [1.82, 2.24) is 0 Å². The number of hydrogen-bond acceptors (Lipinski definition) is 0. The molecule has 0 nitrogen and oxygen atoms in total. The molecule has 0 bridgehead atoms. The summed E-state index contributed by atoms with van der Waals surface area (Å²) in [5, 5.41) is 0. The maximum absolute atomic E-state index is 13.8. The molecule has 0 aromatic heterocycles. The quantitative estimate of drug-likeness (QED) is 0.568. The minimum atomic E-state index is -1.21. The van der Waals surface area contributed by atoms with E-state index in [0.29, 0.717) is 12.0 Å². The SMILES string of the molecule is C=C1c2ccccc2CCC1(C)F. The van der Waals surface area contributed by atoms with E-state index in [1.165, 1.54) is 5.56 Å². The van der Waals surface area contributed by atoms with Gasteiger partial charge in [-0.3, -0.25) is 0 Å². The number of fused-ring (bicyclic) bond motifs is 1. The van der Waals surface area contributed by atoms with Gasteiger partial charge in [0.2, 0.25) is 0 Å². The Morgan fingerprint density at radius 2 is 2.08 bits per heavy atom. The van der Waals surface area contributed by atoms with Crippen molar-refractivity contribution in [3.63, 3.8) is 0 Å². The van der Waals surface area contributed by atoms with E-state index in [0.717, 1.165) is 12.0 Å². The highest BCUT2D eigenvalue weighted by Crippen LogP contribution is 2.39. The van der Waals surface area contributed by atoms with Gasteiger partial charge in [0.25, 0.3) is 0 Å². The van der Waals surface area contributed by atoms with Crippen molar-refractivity contribution in [3.8, 4) is 0 Å². The van der Waals surface area contributed by atoms with Crippen LogP contribution in [0.5, 0.6) is 0 Å². The van der Waals surface area contributed by atoms with Crippen molar-refractivity contribution in [1.29, 1.82) is 0 Å². The second-order valence-corrected chi connectivity index (χ2v) is 3.83. The van der Waals surface area contributed by atoms with Crippen LogP contribution in [0.1, 0.15) is 24.5 Å². The van der Waals surface area contributed by atoms with Crippen LogP contribution < -0.4 is 0 Å². The Labute approximate surface area is 78.1 Å². The summed E-state index contributed by atoms with van der Waals surface area (Å²) in [4.78, 5) is 0. The first-order valence-corrected chi connectivity index (χ1v) is 4.58. The molecular weight excluding hydrogens is 163 g/mol. The van der Waals surface area contributed by atoms with Gasteiger partial charge in [0.1, 0.15) is 5.67 Å². The van der Waals surface area contributed by atoms with Crippen molar-refractivity contribution in [2.75, 3.05) is 0 Å². The maximum atomic E-state index is 13.8. The number of alkyl halides is 1. The van der Waals surface area contributed by atoms with Crippen molar-refractivity contribution in [2.24, 2.45) is 0 Å². The largest absolute Gasteiger partial charge is 0.239 e. The fourth-order valence-corrected chi connectivity index (χ4v) is 1.83. The van der Waals surface area contributed by atoms with E-state index < -0.39 is 5.67 Å². The fourth-order valence-electron chi connectivity index (χ4n) is 1.83. The summed E-state index contributed by atoms with van der Waals surface area (Å²) >= 11 is 0. The van der Waals surface area contributed by atoms with Crippen LogP contribution in [0.15, 0.2) is 30.8 Å². The van der Waals surface area contributed by atoms with Gasteiger partial charge < -0.3 is 0 Å². The molecule has 0 aliphatic heterocycles. The van der Waals surface area contributed by atoms with E-state index in [1.807, 2.05) is 18.2 Å². The zero-order valence-electron chi connectivity index (χ0n) is 7.81. The van der Waals surface area contributed by atoms with E-state index in [4.69, 9.17) is 0 Å². The molecule has 0 N–H and O–H groups in total. The Morgan fingerprint density at radius 1 is 1.38 bits per heavy atom. The monoisotopic (exact) mass is 176 g/mol. The summed E-state index contributed by atoms with van der Waals surface area (Å²) in [5.41, 5.74) is 1.64. The predicted octanol–water partition coefficient (Wildman–Crippen LogP) is 3.37. The second-order valence-electron chi connectivity index (χ2n) is 3.83. The Bertz CT molecular complexity index is 350. The summed E-state index contributed by atoms with van der Waals surface area (Å²) in [6.07, 6.45) is 1.38. The van der Waals surface area contributed by atoms with Crippen LogP contribution >= 0.6 is 0 Å². The molecule has 1 aromatic carbocycles. The average molecular weight is 176 g/mol. The third kappa shape index (κ3) is 1.28. The van der Waals surface area contributed by atoms with Crippen LogP contribution in [-0.4, -0.2) is 5.67 Å². The van der Waals surface area contributed by atoms with Gasteiger partial charge in [0.15, 0.2) is 0 Å². The van der Waals surface area contributed by atoms with Crippen molar-refractivity contribution in [2.45, 2.75) is 25.4 Å². The van der Waals surface area contributed by atoms with Crippen LogP contribution in [-0.2, 0) is 6.42 Å². The van der Waals surface area contributed by atoms with Crippen LogP contribution in [0.3, 0.4) is 0 Å². The lowest BCUT2D eigenvalue weighted by molar-refractivity contribution is 0.248. The van der Waals surface area contributed by atoms with Gasteiger partial charge in [0.05, 0.1) is 0 Å². The highest BCUT2D eigenvalue weighted by molar-refractivity contribution is 5.73. The molecule has 13 heavy (non-hydrogen) atoms. The van der Waals surface area contributed by atoms with Crippen LogP contribution in [0.2, 0.25) is 0 Å². The second kappa shape index (κ2) is 2.69. The van der Waals surface area contributed by atoms with Crippen LogP contribution in [0, 0.1) is 0 Å². The number of rotatable bonds is 0. The first-order chi connectivity index (χ1) is 6.11. The van der Waals surface area contributed by atoms with E-state index in [1.54, 1.807) is 6.92 Å². The molecule has 0 fully saturated rings. The first kappa shape index (κ1) is 8.49. The zero-order valence-corrected chi connectivity index (χ0v) is 7.81. The summed E-state index contributed by atoms with van der Waals surface area (Å²) in [6, 6.07) is 7.93. The number of hydrogen-bond donors (Lipinski definition) is 0. The summed E-state index contributed by atoms with van der Waals surface area (Å²) < 4.78 is 13.8. The van der Waals surface area contributed by atoms with Crippen LogP contribution in [0.4, 0.5) is 4.39 Å². The molecule has 68 valence electrons. The van der Waals surface area contributed by atoms with Crippen molar-refractivity contribution < 1.29 is 4.39 Å². The highest BCUT2D eigenvalue weighted by Gasteiger charge is 2.32. The molecule has 0 saturated heterocycles. The number of aryl methyl sites for hydroxylation is 1. The fraction of sp³-hybridized carbons (Fsp3) is 0.333. The molecule has 1 aromatic rings. The standard InChI is InChI=1S/C12H13F/c1-9-11-6-4-3-5-10(11)7-8-12(9,2)13/h3-6H,1,7-8H2,2H3.